The molecule has 1 aliphatic rings. The summed E-state index contributed by atoms with van der Waals surface area (Å²) in [7, 11) is 0. The number of likely N-dealkylation sites (tertiary alicyclic amines) is 1. The topological polar surface area (TPSA) is 79.7 Å². The van der Waals surface area contributed by atoms with Gasteiger partial charge in [0.1, 0.15) is 17.6 Å². The highest BCUT2D eigenvalue weighted by molar-refractivity contribution is 7.09. The van der Waals surface area contributed by atoms with E-state index in [0.717, 1.165) is 4.88 Å². The average Bonchev–Trinajstić information content (AvgIpc) is 3.36. The number of pyridine rings is 1. The third-order valence-electron chi connectivity index (χ3n) is 4.89. The zero-order chi connectivity index (χ0) is 22.0. The number of hydrogen-bond donors (Lipinski definition) is 1. The van der Waals surface area contributed by atoms with Crippen LogP contribution in [0, 0.1) is 0 Å². The number of nitrogens with zero attached hydrogens (tertiary/aromatic N) is 2. The number of carbonyl (C=O) groups excluding carboxylic acids is 2. The quantitative estimate of drug-likeness (QED) is 0.350. The van der Waals surface area contributed by atoms with Crippen LogP contribution in [-0.2, 0) is 16.1 Å². The summed E-state index contributed by atoms with van der Waals surface area (Å²) in [5, 5.41) is 13.1. The van der Waals surface area contributed by atoms with Crippen molar-refractivity contribution in [2.24, 2.45) is 0 Å². The van der Waals surface area contributed by atoms with E-state index in [4.69, 9.17) is 4.74 Å². The predicted molar refractivity (Wildman–Crippen MR) is 119 cm³/mol. The van der Waals surface area contributed by atoms with Gasteiger partial charge >= 0.3 is 0 Å². The van der Waals surface area contributed by atoms with Gasteiger partial charge in [-0.05, 0) is 49.6 Å². The lowest BCUT2D eigenvalue weighted by molar-refractivity contribution is -0.140. The number of thiophene rings is 1. The van der Waals surface area contributed by atoms with Crippen LogP contribution in [0.2, 0.25) is 0 Å². The van der Waals surface area contributed by atoms with E-state index in [2.05, 4.69) is 4.98 Å². The van der Waals surface area contributed by atoms with Gasteiger partial charge in [-0.3, -0.25) is 14.6 Å². The summed E-state index contributed by atoms with van der Waals surface area (Å²) >= 11 is 1.50. The van der Waals surface area contributed by atoms with Crippen molar-refractivity contribution in [2.45, 2.75) is 32.5 Å². The van der Waals surface area contributed by atoms with E-state index in [-0.39, 0.29) is 24.0 Å². The van der Waals surface area contributed by atoms with Crippen LogP contribution in [0.5, 0.6) is 5.75 Å². The Morgan fingerprint density at radius 2 is 2.00 bits per heavy atom. The minimum Gasteiger partial charge on any atom is -0.507 e. The zero-order valence-corrected chi connectivity index (χ0v) is 18.0. The fourth-order valence-corrected chi connectivity index (χ4v) is 4.31. The molecular formula is C24H22N2O4S. The SMILES string of the molecule is CC(C)Oc1cccc(/C(O)=C2/C(=O)C(=O)N(Cc3cccs3)C2c2ccccn2)c1. The molecule has 0 spiro atoms. The van der Waals surface area contributed by atoms with Gasteiger partial charge in [0.05, 0.1) is 23.9 Å². The van der Waals surface area contributed by atoms with Gasteiger partial charge in [-0.25, -0.2) is 0 Å². The van der Waals surface area contributed by atoms with Gasteiger partial charge in [-0.1, -0.05) is 24.3 Å². The third-order valence-corrected chi connectivity index (χ3v) is 5.75. The number of Topliss-reactive ketones (excluding diaryl/α,β-unsaturated/α-hetero) is 1. The van der Waals surface area contributed by atoms with Gasteiger partial charge < -0.3 is 14.7 Å². The molecule has 0 aliphatic carbocycles. The highest BCUT2D eigenvalue weighted by atomic mass is 32.1. The number of aliphatic hydroxyl groups excluding tert-OH is 1. The highest BCUT2D eigenvalue weighted by Gasteiger charge is 2.46. The van der Waals surface area contributed by atoms with Crippen LogP contribution in [0.15, 0.2) is 71.7 Å². The Balaban J connectivity index is 1.82. The van der Waals surface area contributed by atoms with Crippen LogP contribution in [0.1, 0.15) is 36.0 Å². The molecule has 1 unspecified atom stereocenters. The molecule has 1 saturated heterocycles. The van der Waals surface area contributed by atoms with Gasteiger partial charge in [0.2, 0.25) is 0 Å². The van der Waals surface area contributed by atoms with Gasteiger partial charge in [-0.2, -0.15) is 0 Å². The molecule has 1 aliphatic heterocycles. The van der Waals surface area contributed by atoms with Gasteiger partial charge in [-0.15, -0.1) is 11.3 Å². The van der Waals surface area contributed by atoms with E-state index in [1.165, 1.54) is 16.2 Å². The molecule has 3 aromatic rings. The molecule has 1 fully saturated rings. The summed E-state index contributed by atoms with van der Waals surface area (Å²) in [6.07, 6.45) is 1.57. The Kier molecular flexibility index (Phi) is 5.86. The van der Waals surface area contributed by atoms with Gasteiger partial charge in [0, 0.05) is 16.6 Å². The smallest absolute Gasteiger partial charge is 0.296 e. The molecule has 2 aromatic heterocycles. The van der Waals surface area contributed by atoms with E-state index in [9.17, 15) is 14.7 Å². The number of aliphatic hydroxyl groups is 1. The summed E-state index contributed by atoms with van der Waals surface area (Å²) in [5.41, 5.74) is 0.963. The number of ether oxygens (including phenoxy) is 1. The van der Waals surface area contributed by atoms with Crippen LogP contribution >= 0.6 is 11.3 Å². The molecule has 6 nitrogen and oxygen atoms in total. The van der Waals surface area contributed by atoms with Crippen molar-refractivity contribution in [1.29, 1.82) is 0 Å². The summed E-state index contributed by atoms with van der Waals surface area (Å²) in [5.74, 6) is -1.04. The maximum Gasteiger partial charge on any atom is 0.296 e. The summed E-state index contributed by atoms with van der Waals surface area (Å²) < 4.78 is 5.71. The van der Waals surface area contributed by atoms with Gasteiger partial charge in [0.15, 0.2) is 0 Å². The number of benzene rings is 1. The first-order valence-corrected chi connectivity index (χ1v) is 10.8. The minimum atomic E-state index is -0.780. The Hall–Kier alpha value is -3.45. The fraction of sp³-hybridized carbons (Fsp3) is 0.208. The molecule has 0 bridgehead atoms. The van der Waals surface area contributed by atoms with Gasteiger partial charge in [0.25, 0.3) is 11.7 Å². The van der Waals surface area contributed by atoms with Crippen LogP contribution in [0.4, 0.5) is 0 Å². The monoisotopic (exact) mass is 434 g/mol. The normalized spacial score (nSPS) is 18.0. The maximum absolute atomic E-state index is 13.0. The second-order valence-electron chi connectivity index (χ2n) is 7.46. The lowest BCUT2D eigenvalue weighted by Gasteiger charge is -2.24. The molecule has 0 radical (unpaired) electrons. The number of ketones is 1. The van der Waals surface area contributed by atoms with Crippen LogP contribution < -0.4 is 4.74 Å². The number of hydrogen-bond acceptors (Lipinski definition) is 6. The number of rotatable bonds is 6. The highest BCUT2D eigenvalue weighted by Crippen LogP contribution is 2.40. The fourth-order valence-electron chi connectivity index (χ4n) is 3.60. The average molecular weight is 435 g/mol. The number of carbonyl (C=O) groups is 2. The summed E-state index contributed by atoms with van der Waals surface area (Å²) in [6.45, 7) is 4.07. The van der Waals surface area contributed by atoms with Crippen molar-refractivity contribution in [2.75, 3.05) is 0 Å². The van der Waals surface area contributed by atoms with Crippen LogP contribution in [0.3, 0.4) is 0 Å². The van der Waals surface area contributed by atoms with Crippen LogP contribution in [0.25, 0.3) is 5.76 Å². The van der Waals surface area contributed by atoms with Crippen molar-refractivity contribution >= 4 is 28.8 Å². The molecule has 1 amide bonds. The molecule has 7 heteroatoms. The standard InChI is InChI=1S/C24H22N2O4S/c1-15(2)30-17-8-5-7-16(13-17)22(27)20-21(19-10-3-4-11-25-19)26(24(29)23(20)28)14-18-9-6-12-31-18/h3-13,15,21,27H,14H2,1-2H3/b22-20-. The molecule has 1 atom stereocenters. The third kappa shape index (κ3) is 4.22. The second kappa shape index (κ2) is 8.73. The first kappa shape index (κ1) is 20.8. The number of aromatic nitrogens is 1. The molecule has 0 saturated carbocycles. The van der Waals surface area contributed by atoms with E-state index < -0.39 is 17.7 Å². The van der Waals surface area contributed by atoms with Crippen molar-refractivity contribution in [3.05, 3.63) is 87.9 Å². The summed E-state index contributed by atoms with van der Waals surface area (Å²) in [6, 6.07) is 15.2. The van der Waals surface area contributed by atoms with Crippen LogP contribution in [-0.4, -0.2) is 32.8 Å². The minimum absolute atomic E-state index is 0.0296. The molecule has 31 heavy (non-hydrogen) atoms. The van der Waals surface area contributed by atoms with Crippen molar-refractivity contribution in [3.63, 3.8) is 0 Å². The molecular weight excluding hydrogens is 412 g/mol. The largest absolute Gasteiger partial charge is 0.507 e. The van der Waals surface area contributed by atoms with Crippen molar-refractivity contribution in [1.82, 2.24) is 9.88 Å². The van der Waals surface area contributed by atoms with E-state index in [0.29, 0.717) is 17.0 Å². The van der Waals surface area contributed by atoms with Crippen molar-refractivity contribution < 1.29 is 19.4 Å². The first-order chi connectivity index (χ1) is 15.0. The Bertz CT molecular complexity index is 1120. The molecule has 1 N–H and O–H groups in total. The Morgan fingerprint density at radius 3 is 2.68 bits per heavy atom. The summed E-state index contributed by atoms with van der Waals surface area (Å²) in [4.78, 5) is 32.8. The maximum atomic E-state index is 13.0. The Morgan fingerprint density at radius 1 is 1.16 bits per heavy atom. The number of amides is 1. The zero-order valence-electron chi connectivity index (χ0n) is 17.2. The Labute approximate surface area is 184 Å². The molecule has 158 valence electrons. The lowest BCUT2D eigenvalue weighted by Crippen LogP contribution is -2.29. The van der Waals surface area contributed by atoms with E-state index >= 15 is 0 Å². The molecule has 3 heterocycles. The molecule has 1 aromatic carbocycles. The first-order valence-electron chi connectivity index (χ1n) is 9.94. The lowest BCUT2D eigenvalue weighted by atomic mass is 9.98. The van der Waals surface area contributed by atoms with E-state index in [1.807, 2.05) is 31.4 Å². The second-order valence-corrected chi connectivity index (χ2v) is 8.49. The molecule has 4 rings (SSSR count). The van der Waals surface area contributed by atoms with E-state index in [1.54, 1.807) is 48.7 Å². The van der Waals surface area contributed by atoms with Crippen molar-refractivity contribution in [3.8, 4) is 5.75 Å². The predicted octanol–water partition coefficient (Wildman–Crippen LogP) is 4.55.